The van der Waals surface area contributed by atoms with Crippen LogP contribution in [0.2, 0.25) is 0 Å². The van der Waals surface area contributed by atoms with Crippen LogP contribution in [0.15, 0.2) is 24.3 Å². The lowest BCUT2D eigenvalue weighted by molar-refractivity contribution is 0.102. The number of amides is 1. The molecule has 0 spiro atoms. The third-order valence-corrected chi connectivity index (χ3v) is 3.84. The van der Waals surface area contributed by atoms with E-state index in [-0.39, 0.29) is 5.91 Å². The van der Waals surface area contributed by atoms with Gasteiger partial charge in [0.25, 0.3) is 5.91 Å². The lowest BCUT2D eigenvalue weighted by Crippen LogP contribution is -2.11. The van der Waals surface area contributed by atoms with Crippen molar-refractivity contribution in [1.29, 1.82) is 0 Å². The molecule has 108 valence electrons. The minimum atomic E-state index is -0.178. The maximum atomic E-state index is 12.2. The molecule has 0 saturated carbocycles. The number of rotatable bonds is 3. The molecule has 4 nitrogen and oxygen atoms in total. The van der Waals surface area contributed by atoms with Crippen LogP contribution in [0.1, 0.15) is 33.4 Å². The Morgan fingerprint density at radius 1 is 1.48 bits per heavy atom. The molecule has 0 aliphatic carbocycles. The molecule has 21 heavy (non-hydrogen) atoms. The summed E-state index contributed by atoms with van der Waals surface area (Å²) in [6, 6.07) is 7.16. The van der Waals surface area contributed by atoms with E-state index in [4.69, 9.17) is 5.73 Å². The van der Waals surface area contributed by atoms with Crippen molar-refractivity contribution in [3.8, 4) is 11.8 Å². The number of hydrogen-bond acceptors (Lipinski definition) is 4. The van der Waals surface area contributed by atoms with Gasteiger partial charge in [-0.05, 0) is 31.5 Å². The molecule has 0 unspecified atom stereocenters. The zero-order chi connectivity index (χ0) is 15.2. The molecule has 0 radical (unpaired) electrons. The minimum absolute atomic E-state index is 0.178. The van der Waals surface area contributed by atoms with E-state index in [1.54, 1.807) is 18.2 Å². The van der Waals surface area contributed by atoms with Gasteiger partial charge in [0.2, 0.25) is 0 Å². The molecular formula is C16H17N3OS. The van der Waals surface area contributed by atoms with E-state index in [1.165, 1.54) is 11.3 Å². The maximum absolute atomic E-state index is 12.2. The van der Waals surface area contributed by atoms with Gasteiger partial charge < -0.3 is 5.73 Å². The van der Waals surface area contributed by atoms with E-state index in [2.05, 4.69) is 22.1 Å². The Morgan fingerprint density at radius 2 is 2.29 bits per heavy atom. The molecule has 1 aromatic carbocycles. The quantitative estimate of drug-likeness (QED) is 0.856. The zero-order valence-electron chi connectivity index (χ0n) is 12.1. The van der Waals surface area contributed by atoms with Crippen LogP contribution >= 0.6 is 11.3 Å². The average molecular weight is 299 g/mol. The summed E-state index contributed by atoms with van der Waals surface area (Å²) >= 11 is 1.49. The van der Waals surface area contributed by atoms with Crippen LogP contribution in [0, 0.1) is 18.8 Å². The molecule has 0 atom stereocenters. The molecule has 5 heteroatoms. The van der Waals surface area contributed by atoms with E-state index >= 15 is 0 Å². The van der Waals surface area contributed by atoms with Crippen molar-refractivity contribution < 1.29 is 4.79 Å². The Morgan fingerprint density at radius 3 is 2.95 bits per heavy atom. The summed E-state index contributed by atoms with van der Waals surface area (Å²) in [6.07, 6.45) is 0.863. The van der Waals surface area contributed by atoms with Crippen molar-refractivity contribution in [2.75, 3.05) is 11.9 Å². The lowest BCUT2D eigenvalue weighted by Gasteiger charge is -2.02. The van der Waals surface area contributed by atoms with E-state index in [0.29, 0.717) is 17.2 Å². The van der Waals surface area contributed by atoms with Gasteiger partial charge in [0.05, 0.1) is 12.2 Å². The zero-order valence-corrected chi connectivity index (χ0v) is 12.9. The fourth-order valence-electron chi connectivity index (χ4n) is 1.87. The minimum Gasteiger partial charge on any atom is -0.320 e. The number of nitrogens with one attached hydrogen (secondary N) is 1. The van der Waals surface area contributed by atoms with Crippen molar-refractivity contribution in [3.05, 3.63) is 46.0 Å². The van der Waals surface area contributed by atoms with Crippen molar-refractivity contribution in [2.24, 2.45) is 5.73 Å². The molecule has 0 saturated heterocycles. The molecule has 0 aliphatic rings. The van der Waals surface area contributed by atoms with Crippen LogP contribution < -0.4 is 11.1 Å². The number of carbonyl (C=O) groups is 1. The second-order valence-corrected chi connectivity index (χ2v) is 5.62. The summed E-state index contributed by atoms with van der Waals surface area (Å²) in [5, 5.41) is 3.46. The van der Waals surface area contributed by atoms with E-state index in [1.807, 2.05) is 19.9 Å². The smallest absolute Gasteiger partial charge is 0.257 e. The number of nitrogens with zero attached hydrogens (tertiary/aromatic N) is 1. The first-order valence-electron chi connectivity index (χ1n) is 6.70. The number of aryl methyl sites for hydroxylation is 2. The predicted molar refractivity (Wildman–Crippen MR) is 86.6 cm³/mol. The number of nitrogens with two attached hydrogens (primary N) is 1. The van der Waals surface area contributed by atoms with Crippen molar-refractivity contribution in [2.45, 2.75) is 20.3 Å². The maximum Gasteiger partial charge on any atom is 0.257 e. The fraction of sp³-hybridized carbons (Fsp3) is 0.250. The Hall–Kier alpha value is -2.16. The number of anilines is 1. The van der Waals surface area contributed by atoms with Crippen molar-refractivity contribution in [3.63, 3.8) is 0 Å². The molecule has 2 aromatic rings. The van der Waals surface area contributed by atoms with Gasteiger partial charge >= 0.3 is 0 Å². The fourth-order valence-corrected chi connectivity index (χ4v) is 2.77. The van der Waals surface area contributed by atoms with Gasteiger partial charge in [-0.1, -0.05) is 24.8 Å². The summed E-state index contributed by atoms with van der Waals surface area (Å²) in [6.45, 7) is 4.36. The molecular weight excluding hydrogens is 282 g/mol. The van der Waals surface area contributed by atoms with Crippen LogP contribution in [-0.2, 0) is 6.42 Å². The first-order valence-corrected chi connectivity index (χ1v) is 7.52. The van der Waals surface area contributed by atoms with E-state index in [9.17, 15) is 4.79 Å². The Bertz CT molecular complexity index is 710. The lowest BCUT2D eigenvalue weighted by atomic mass is 10.1. The second kappa shape index (κ2) is 7.02. The molecule has 3 N–H and O–H groups in total. The molecule has 1 aromatic heterocycles. The Labute approximate surface area is 128 Å². The van der Waals surface area contributed by atoms with Gasteiger partial charge in [0, 0.05) is 16.0 Å². The van der Waals surface area contributed by atoms with Gasteiger partial charge in [0.1, 0.15) is 0 Å². The highest BCUT2D eigenvalue weighted by Gasteiger charge is 2.11. The third-order valence-electron chi connectivity index (χ3n) is 2.91. The van der Waals surface area contributed by atoms with Crippen LogP contribution in [0.3, 0.4) is 0 Å². The normalized spacial score (nSPS) is 9.86. The van der Waals surface area contributed by atoms with E-state index in [0.717, 1.165) is 22.6 Å². The largest absolute Gasteiger partial charge is 0.320 e. The predicted octanol–water partition coefficient (Wildman–Crippen LogP) is 2.58. The number of thiazole rings is 1. The van der Waals surface area contributed by atoms with Crippen LogP contribution in [-0.4, -0.2) is 17.4 Å². The van der Waals surface area contributed by atoms with Gasteiger partial charge in [-0.2, -0.15) is 0 Å². The molecule has 1 heterocycles. The van der Waals surface area contributed by atoms with Gasteiger partial charge in [0.15, 0.2) is 5.13 Å². The number of benzene rings is 1. The number of carbonyl (C=O) groups excluding carboxylic acids is 1. The van der Waals surface area contributed by atoms with Gasteiger partial charge in [-0.25, -0.2) is 4.98 Å². The van der Waals surface area contributed by atoms with Crippen LogP contribution in [0.5, 0.6) is 0 Å². The summed E-state index contributed by atoms with van der Waals surface area (Å²) < 4.78 is 0. The number of hydrogen-bond donors (Lipinski definition) is 2. The van der Waals surface area contributed by atoms with Gasteiger partial charge in [-0.15, -0.1) is 11.3 Å². The highest BCUT2D eigenvalue weighted by atomic mass is 32.1. The topological polar surface area (TPSA) is 68.0 Å². The molecule has 0 fully saturated rings. The summed E-state index contributed by atoms with van der Waals surface area (Å²) in [5.41, 5.74) is 7.71. The summed E-state index contributed by atoms with van der Waals surface area (Å²) in [7, 11) is 0. The average Bonchev–Trinajstić information content (AvgIpc) is 2.85. The van der Waals surface area contributed by atoms with Gasteiger partial charge in [-0.3, -0.25) is 10.1 Å². The van der Waals surface area contributed by atoms with Crippen LogP contribution in [0.4, 0.5) is 5.13 Å². The summed E-state index contributed by atoms with van der Waals surface area (Å²) in [4.78, 5) is 17.8. The van der Waals surface area contributed by atoms with Crippen molar-refractivity contribution >= 4 is 22.4 Å². The first-order chi connectivity index (χ1) is 10.1. The van der Waals surface area contributed by atoms with Crippen LogP contribution in [0.25, 0.3) is 0 Å². The highest BCUT2D eigenvalue weighted by molar-refractivity contribution is 7.15. The Kier molecular flexibility index (Phi) is 5.09. The SMILES string of the molecule is CCc1nc(NC(=O)c2cccc(C#CCN)c2)sc1C. The highest BCUT2D eigenvalue weighted by Crippen LogP contribution is 2.22. The first kappa shape index (κ1) is 15.2. The monoisotopic (exact) mass is 299 g/mol. The van der Waals surface area contributed by atoms with E-state index < -0.39 is 0 Å². The third kappa shape index (κ3) is 3.91. The standard InChI is InChI=1S/C16H17N3OS/c1-3-14-11(2)21-16(18-14)19-15(20)13-8-4-6-12(10-13)7-5-9-17/h4,6,8,10H,3,9,17H2,1-2H3,(H,18,19,20). The number of aromatic nitrogens is 1. The summed E-state index contributed by atoms with van der Waals surface area (Å²) in [5.74, 6) is 5.51. The Balaban J connectivity index is 2.16. The molecule has 2 rings (SSSR count). The molecule has 0 bridgehead atoms. The second-order valence-electron chi connectivity index (χ2n) is 4.42. The van der Waals surface area contributed by atoms with Crippen molar-refractivity contribution in [1.82, 2.24) is 4.98 Å². The molecule has 0 aliphatic heterocycles. The molecule has 1 amide bonds.